The predicted octanol–water partition coefficient (Wildman–Crippen LogP) is 2.38. The molecule has 4 N–H and O–H groups in total. The van der Waals surface area contributed by atoms with Crippen molar-refractivity contribution < 1.29 is 18.4 Å². The summed E-state index contributed by atoms with van der Waals surface area (Å²) >= 11 is 0. The fraction of sp³-hybridized carbons (Fsp3) is 0.467. The quantitative estimate of drug-likeness (QED) is 0.801. The molecule has 1 aliphatic rings. The molecule has 0 heterocycles. The minimum Gasteiger partial charge on any atom is -0.328 e. The highest BCUT2D eigenvalue weighted by molar-refractivity contribution is 5.99. The Hall–Kier alpha value is -2.02. The molecule has 2 amide bonds. The first kappa shape index (κ1) is 16.4. The molecule has 2 atom stereocenters. The van der Waals surface area contributed by atoms with Crippen molar-refractivity contribution in [1.82, 2.24) is 0 Å². The number of halogens is 2. The van der Waals surface area contributed by atoms with E-state index in [9.17, 15) is 18.4 Å². The maximum absolute atomic E-state index is 13.4. The summed E-state index contributed by atoms with van der Waals surface area (Å²) in [5.41, 5.74) is 5.92. The van der Waals surface area contributed by atoms with Crippen molar-refractivity contribution in [2.75, 3.05) is 10.6 Å². The second-order valence-electron chi connectivity index (χ2n) is 5.61. The largest absolute Gasteiger partial charge is 0.328 e. The van der Waals surface area contributed by atoms with E-state index >= 15 is 0 Å². The number of hydrogen-bond acceptors (Lipinski definition) is 3. The van der Waals surface area contributed by atoms with Crippen molar-refractivity contribution in [3.8, 4) is 0 Å². The lowest BCUT2D eigenvalue weighted by molar-refractivity contribution is -0.121. The first-order valence-electron chi connectivity index (χ1n) is 7.20. The lowest BCUT2D eigenvalue weighted by Gasteiger charge is -2.26. The fourth-order valence-electron chi connectivity index (χ4n) is 2.64. The summed E-state index contributed by atoms with van der Waals surface area (Å²) in [6.45, 7) is 1.24. The van der Waals surface area contributed by atoms with E-state index in [1.54, 1.807) is 0 Å². The van der Waals surface area contributed by atoms with Crippen LogP contribution < -0.4 is 16.4 Å². The number of rotatable bonds is 3. The number of nitrogens with one attached hydrogen (secondary N) is 2. The second-order valence-corrected chi connectivity index (χ2v) is 5.61. The molecule has 120 valence electrons. The van der Waals surface area contributed by atoms with Gasteiger partial charge in [0.15, 0.2) is 11.6 Å². The van der Waals surface area contributed by atoms with Crippen LogP contribution in [0.2, 0.25) is 0 Å². The second kappa shape index (κ2) is 6.83. The zero-order valence-corrected chi connectivity index (χ0v) is 12.3. The molecular weight excluding hydrogens is 292 g/mol. The maximum atomic E-state index is 13.4. The average molecular weight is 311 g/mol. The van der Waals surface area contributed by atoms with Crippen LogP contribution in [0.15, 0.2) is 12.1 Å². The molecule has 22 heavy (non-hydrogen) atoms. The van der Waals surface area contributed by atoms with Gasteiger partial charge in [0, 0.05) is 31.0 Å². The standard InChI is InChI=1S/C15H19F2N3O2/c1-8(21)19-13-6-11(16)12(17)7-14(13)20-15(22)9-3-2-4-10(18)5-9/h6-7,9-10H,2-5,18H2,1H3,(H,19,21)(H,20,22). The summed E-state index contributed by atoms with van der Waals surface area (Å²) in [7, 11) is 0. The first-order valence-corrected chi connectivity index (χ1v) is 7.20. The third-order valence-electron chi connectivity index (χ3n) is 3.71. The van der Waals surface area contributed by atoms with Gasteiger partial charge in [-0.3, -0.25) is 9.59 Å². The van der Waals surface area contributed by atoms with E-state index in [-0.39, 0.29) is 29.2 Å². The zero-order chi connectivity index (χ0) is 16.3. The molecule has 1 fully saturated rings. The molecule has 0 aliphatic heterocycles. The summed E-state index contributed by atoms with van der Waals surface area (Å²) in [6, 6.07) is 1.68. The smallest absolute Gasteiger partial charge is 0.227 e. The number of nitrogens with two attached hydrogens (primary N) is 1. The summed E-state index contributed by atoms with van der Waals surface area (Å²) in [6.07, 6.45) is 3.01. The van der Waals surface area contributed by atoms with Crippen LogP contribution in [0.3, 0.4) is 0 Å². The van der Waals surface area contributed by atoms with Crippen LogP contribution in [0.5, 0.6) is 0 Å². The van der Waals surface area contributed by atoms with E-state index in [0.29, 0.717) is 12.8 Å². The van der Waals surface area contributed by atoms with Gasteiger partial charge in [-0.05, 0) is 19.3 Å². The molecule has 5 nitrogen and oxygen atoms in total. The molecule has 0 spiro atoms. The number of anilines is 2. The number of hydrogen-bond donors (Lipinski definition) is 3. The number of carbonyl (C=O) groups excluding carboxylic acids is 2. The SMILES string of the molecule is CC(=O)Nc1cc(F)c(F)cc1NC(=O)C1CCCC(N)C1. The number of benzene rings is 1. The number of amides is 2. The maximum Gasteiger partial charge on any atom is 0.227 e. The minimum absolute atomic E-state index is 0.0238. The normalized spacial score (nSPS) is 21.3. The molecule has 2 unspecified atom stereocenters. The van der Waals surface area contributed by atoms with E-state index in [0.717, 1.165) is 25.0 Å². The molecular formula is C15H19F2N3O2. The van der Waals surface area contributed by atoms with Crippen LogP contribution in [0.25, 0.3) is 0 Å². The zero-order valence-electron chi connectivity index (χ0n) is 12.3. The van der Waals surface area contributed by atoms with E-state index in [1.165, 1.54) is 6.92 Å². The Bertz CT molecular complexity index is 592. The third-order valence-corrected chi connectivity index (χ3v) is 3.71. The molecule has 0 bridgehead atoms. The van der Waals surface area contributed by atoms with Gasteiger partial charge in [0.05, 0.1) is 11.4 Å². The lowest BCUT2D eigenvalue weighted by Crippen LogP contribution is -2.34. The van der Waals surface area contributed by atoms with Gasteiger partial charge >= 0.3 is 0 Å². The molecule has 1 aromatic rings. The fourth-order valence-corrected chi connectivity index (χ4v) is 2.64. The van der Waals surface area contributed by atoms with Gasteiger partial charge in [0.2, 0.25) is 11.8 Å². The Labute approximate surface area is 127 Å². The van der Waals surface area contributed by atoms with Crippen LogP contribution in [-0.4, -0.2) is 17.9 Å². The average Bonchev–Trinajstić information content (AvgIpc) is 2.43. The summed E-state index contributed by atoms with van der Waals surface area (Å²) in [5, 5.41) is 4.93. The van der Waals surface area contributed by atoms with E-state index in [4.69, 9.17) is 5.73 Å². The van der Waals surface area contributed by atoms with Gasteiger partial charge in [-0.15, -0.1) is 0 Å². The monoisotopic (exact) mass is 311 g/mol. The molecule has 2 rings (SSSR count). The molecule has 0 radical (unpaired) electrons. The lowest BCUT2D eigenvalue weighted by atomic mass is 9.85. The molecule has 1 aliphatic carbocycles. The van der Waals surface area contributed by atoms with Gasteiger partial charge in [0.25, 0.3) is 0 Å². The predicted molar refractivity (Wildman–Crippen MR) is 79.2 cm³/mol. The van der Waals surface area contributed by atoms with Crippen molar-refractivity contribution in [3.63, 3.8) is 0 Å². The molecule has 7 heteroatoms. The van der Waals surface area contributed by atoms with Crippen molar-refractivity contribution in [2.24, 2.45) is 11.7 Å². The Morgan fingerprint density at radius 3 is 2.27 bits per heavy atom. The van der Waals surface area contributed by atoms with Crippen molar-refractivity contribution >= 4 is 23.2 Å². The molecule has 1 aromatic carbocycles. The van der Waals surface area contributed by atoms with Crippen LogP contribution in [-0.2, 0) is 9.59 Å². The Morgan fingerprint density at radius 2 is 1.73 bits per heavy atom. The number of carbonyl (C=O) groups is 2. The first-order chi connectivity index (χ1) is 10.4. The molecule has 0 saturated heterocycles. The minimum atomic E-state index is -1.10. The van der Waals surface area contributed by atoms with E-state index in [2.05, 4.69) is 10.6 Å². The van der Waals surface area contributed by atoms with Gasteiger partial charge in [-0.1, -0.05) is 6.42 Å². The third kappa shape index (κ3) is 4.00. The van der Waals surface area contributed by atoms with E-state index < -0.39 is 17.5 Å². The van der Waals surface area contributed by atoms with Crippen molar-refractivity contribution in [3.05, 3.63) is 23.8 Å². The van der Waals surface area contributed by atoms with Gasteiger partial charge < -0.3 is 16.4 Å². The van der Waals surface area contributed by atoms with Gasteiger partial charge in [-0.2, -0.15) is 0 Å². The Balaban J connectivity index is 2.18. The summed E-state index contributed by atoms with van der Waals surface area (Å²) < 4.78 is 26.7. The Kier molecular flexibility index (Phi) is 5.07. The van der Waals surface area contributed by atoms with Gasteiger partial charge in [-0.25, -0.2) is 8.78 Å². The topological polar surface area (TPSA) is 84.2 Å². The van der Waals surface area contributed by atoms with E-state index in [1.807, 2.05) is 0 Å². The highest BCUT2D eigenvalue weighted by Crippen LogP contribution is 2.28. The highest BCUT2D eigenvalue weighted by atomic mass is 19.2. The molecule has 0 aromatic heterocycles. The highest BCUT2D eigenvalue weighted by Gasteiger charge is 2.26. The van der Waals surface area contributed by atoms with Crippen molar-refractivity contribution in [2.45, 2.75) is 38.6 Å². The Morgan fingerprint density at radius 1 is 1.14 bits per heavy atom. The summed E-state index contributed by atoms with van der Waals surface area (Å²) in [5.74, 6) is -3.19. The van der Waals surface area contributed by atoms with Gasteiger partial charge in [0.1, 0.15) is 0 Å². The van der Waals surface area contributed by atoms with Crippen LogP contribution in [0, 0.1) is 17.6 Å². The van der Waals surface area contributed by atoms with Crippen molar-refractivity contribution in [1.29, 1.82) is 0 Å². The van der Waals surface area contributed by atoms with Crippen LogP contribution in [0.1, 0.15) is 32.6 Å². The summed E-state index contributed by atoms with van der Waals surface area (Å²) in [4.78, 5) is 23.4. The molecule has 1 saturated carbocycles. The van der Waals surface area contributed by atoms with Crippen LogP contribution in [0.4, 0.5) is 20.2 Å². The van der Waals surface area contributed by atoms with Crippen LogP contribution >= 0.6 is 0 Å².